The Bertz CT molecular complexity index is 521. The molecule has 1 aliphatic rings. The second-order valence-corrected chi connectivity index (χ2v) is 6.46. The Morgan fingerprint density at radius 2 is 2.10 bits per heavy atom. The fraction of sp³-hybridized carbons (Fsp3) is 0.429. The molecule has 0 saturated carbocycles. The van der Waals surface area contributed by atoms with Crippen molar-refractivity contribution in [3.05, 3.63) is 29.3 Å². The summed E-state index contributed by atoms with van der Waals surface area (Å²) in [6.07, 6.45) is 1.82. The van der Waals surface area contributed by atoms with Gasteiger partial charge in [0.2, 0.25) is 0 Å². The van der Waals surface area contributed by atoms with Crippen molar-refractivity contribution in [2.45, 2.75) is 18.9 Å². The molecule has 1 heterocycles. The number of carboxylic acid groups (broad SMARTS) is 1. The molecule has 21 heavy (non-hydrogen) atoms. The molecule has 0 bridgehead atoms. The molecular weight excluding hydrogens is 312 g/mol. The third-order valence-electron chi connectivity index (χ3n) is 3.21. The Balaban J connectivity index is 2.11. The quantitative estimate of drug-likeness (QED) is 0.891. The molecule has 7 heteroatoms. The third kappa shape index (κ3) is 4.82. The number of carboxylic acids is 1. The standard InChI is InChI=1S/C14H17ClN2O3S/c15-10-2-1-3-12(8-10)17(9-13(18)19)14(20)16-11-4-6-21-7-5-11/h1-3,8,11H,4-7,9H2,(H,16,20)(H,18,19). The molecule has 2 N–H and O–H groups in total. The van der Waals surface area contributed by atoms with Crippen molar-refractivity contribution in [3.8, 4) is 0 Å². The number of carbonyl (C=O) groups is 2. The van der Waals surface area contributed by atoms with E-state index in [9.17, 15) is 9.59 Å². The number of rotatable bonds is 4. The van der Waals surface area contributed by atoms with Crippen molar-refractivity contribution in [2.24, 2.45) is 0 Å². The van der Waals surface area contributed by atoms with E-state index in [0.717, 1.165) is 24.3 Å². The Labute approximate surface area is 132 Å². The lowest BCUT2D eigenvalue weighted by molar-refractivity contribution is -0.135. The van der Waals surface area contributed by atoms with E-state index in [4.69, 9.17) is 16.7 Å². The van der Waals surface area contributed by atoms with Gasteiger partial charge in [0.15, 0.2) is 0 Å². The number of amides is 2. The largest absolute Gasteiger partial charge is 0.480 e. The van der Waals surface area contributed by atoms with Crippen molar-refractivity contribution in [3.63, 3.8) is 0 Å². The average Bonchev–Trinajstić information content (AvgIpc) is 2.45. The molecular formula is C14H17ClN2O3S. The SMILES string of the molecule is O=C(O)CN(C(=O)NC1CCSCC1)c1cccc(Cl)c1. The molecule has 0 atom stereocenters. The number of hydrogen-bond donors (Lipinski definition) is 2. The van der Waals surface area contributed by atoms with Crippen LogP contribution in [0.4, 0.5) is 10.5 Å². The van der Waals surface area contributed by atoms with Crippen LogP contribution in [0.25, 0.3) is 0 Å². The summed E-state index contributed by atoms with van der Waals surface area (Å²) >= 11 is 7.78. The minimum atomic E-state index is -1.07. The first-order chi connectivity index (χ1) is 10.1. The van der Waals surface area contributed by atoms with E-state index in [2.05, 4.69) is 5.32 Å². The van der Waals surface area contributed by atoms with Gasteiger partial charge in [-0.05, 0) is 42.5 Å². The van der Waals surface area contributed by atoms with E-state index in [1.807, 2.05) is 11.8 Å². The van der Waals surface area contributed by atoms with Crippen LogP contribution in [0.2, 0.25) is 5.02 Å². The highest BCUT2D eigenvalue weighted by atomic mass is 35.5. The van der Waals surface area contributed by atoms with E-state index in [0.29, 0.717) is 10.7 Å². The number of carbonyl (C=O) groups excluding carboxylic acids is 1. The van der Waals surface area contributed by atoms with E-state index in [-0.39, 0.29) is 6.04 Å². The lowest BCUT2D eigenvalue weighted by Crippen LogP contribution is -2.48. The van der Waals surface area contributed by atoms with Gasteiger partial charge in [-0.1, -0.05) is 17.7 Å². The summed E-state index contributed by atoms with van der Waals surface area (Å²) in [4.78, 5) is 24.6. The summed E-state index contributed by atoms with van der Waals surface area (Å²) in [6.45, 7) is -0.395. The van der Waals surface area contributed by atoms with Crippen molar-refractivity contribution < 1.29 is 14.7 Å². The van der Waals surface area contributed by atoms with Gasteiger partial charge in [0.1, 0.15) is 6.54 Å². The summed E-state index contributed by atoms with van der Waals surface area (Å²) in [5.41, 5.74) is 0.479. The zero-order valence-electron chi connectivity index (χ0n) is 11.4. The first-order valence-corrected chi connectivity index (χ1v) is 8.22. The Kier molecular flexibility index (Phi) is 5.76. The summed E-state index contributed by atoms with van der Waals surface area (Å²) in [6, 6.07) is 6.34. The van der Waals surface area contributed by atoms with Gasteiger partial charge in [-0.3, -0.25) is 9.69 Å². The molecule has 0 aliphatic carbocycles. The van der Waals surface area contributed by atoms with E-state index >= 15 is 0 Å². The third-order valence-corrected chi connectivity index (χ3v) is 4.49. The number of nitrogens with zero attached hydrogens (tertiary/aromatic N) is 1. The van der Waals surface area contributed by atoms with Crippen LogP contribution in [0, 0.1) is 0 Å². The van der Waals surface area contributed by atoms with Gasteiger partial charge >= 0.3 is 12.0 Å². The first-order valence-electron chi connectivity index (χ1n) is 6.69. The van der Waals surface area contributed by atoms with Crippen LogP contribution in [0.5, 0.6) is 0 Å². The smallest absolute Gasteiger partial charge is 0.323 e. The maximum Gasteiger partial charge on any atom is 0.323 e. The number of hydrogen-bond acceptors (Lipinski definition) is 3. The molecule has 1 aliphatic heterocycles. The Hall–Kier alpha value is -1.40. The van der Waals surface area contributed by atoms with Crippen molar-refractivity contribution in [1.82, 2.24) is 5.32 Å². The van der Waals surface area contributed by atoms with Crippen LogP contribution in [0.3, 0.4) is 0 Å². The van der Waals surface area contributed by atoms with Crippen LogP contribution in [-0.2, 0) is 4.79 Å². The molecule has 1 aromatic rings. The minimum absolute atomic E-state index is 0.106. The molecule has 2 rings (SSSR count). The van der Waals surface area contributed by atoms with E-state index in [1.165, 1.54) is 4.90 Å². The van der Waals surface area contributed by atoms with Gasteiger partial charge in [-0.25, -0.2) is 4.79 Å². The fourth-order valence-corrected chi connectivity index (χ4v) is 3.45. The van der Waals surface area contributed by atoms with Gasteiger partial charge < -0.3 is 10.4 Å². The molecule has 114 valence electrons. The number of aliphatic carboxylic acids is 1. The van der Waals surface area contributed by atoms with Gasteiger partial charge in [0, 0.05) is 16.8 Å². The number of benzene rings is 1. The minimum Gasteiger partial charge on any atom is -0.480 e. The topological polar surface area (TPSA) is 69.6 Å². The van der Waals surface area contributed by atoms with Gasteiger partial charge in [-0.2, -0.15) is 11.8 Å². The summed E-state index contributed by atoms with van der Waals surface area (Å²) in [5.74, 6) is 0.964. The van der Waals surface area contributed by atoms with Gasteiger partial charge in [-0.15, -0.1) is 0 Å². The molecule has 1 aromatic carbocycles. The van der Waals surface area contributed by atoms with E-state index in [1.54, 1.807) is 24.3 Å². The second-order valence-electron chi connectivity index (χ2n) is 4.80. The molecule has 0 aromatic heterocycles. The number of halogens is 1. The Morgan fingerprint density at radius 3 is 2.71 bits per heavy atom. The summed E-state index contributed by atoms with van der Waals surface area (Å²) in [7, 11) is 0. The second kappa shape index (κ2) is 7.56. The lowest BCUT2D eigenvalue weighted by atomic mass is 10.1. The molecule has 1 saturated heterocycles. The fourth-order valence-electron chi connectivity index (χ4n) is 2.15. The highest BCUT2D eigenvalue weighted by molar-refractivity contribution is 7.99. The Morgan fingerprint density at radius 1 is 1.38 bits per heavy atom. The highest BCUT2D eigenvalue weighted by Crippen LogP contribution is 2.21. The first kappa shape index (κ1) is 16.0. The van der Waals surface area contributed by atoms with Crippen LogP contribution in [0.15, 0.2) is 24.3 Å². The predicted octanol–water partition coefficient (Wildman–Crippen LogP) is 2.84. The van der Waals surface area contributed by atoms with Crippen molar-refractivity contribution in [2.75, 3.05) is 23.0 Å². The van der Waals surface area contributed by atoms with Crippen LogP contribution >= 0.6 is 23.4 Å². The maximum absolute atomic E-state index is 12.4. The number of thioether (sulfide) groups is 1. The lowest BCUT2D eigenvalue weighted by Gasteiger charge is -2.27. The highest BCUT2D eigenvalue weighted by Gasteiger charge is 2.23. The number of nitrogens with one attached hydrogen (secondary N) is 1. The maximum atomic E-state index is 12.4. The molecule has 5 nitrogen and oxygen atoms in total. The zero-order valence-corrected chi connectivity index (χ0v) is 13.0. The van der Waals surface area contributed by atoms with Gasteiger partial charge in [0.25, 0.3) is 0 Å². The van der Waals surface area contributed by atoms with Crippen LogP contribution in [0.1, 0.15) is 12.8 Å². The number of anilines is 1. The van der Waals surface area contributed by atoms with E-state index < -0.39 is 18.5 Å². The molecule has 2 amide bonds. The molecule has 0 radical (unpaired) electrons. The normalized spacial score (nSPS) is 15.5. The molecule has 0 spiro atoms. The summed E-state index contributed by atoms with van der Waals surface area (Å²) < 4.78 is 0. The summed E-state index contributed by atoms with van der Waals surface area (Å²) in [5, 5.41) is 12.4. The van der Waals surface area contributed by atoms with Crippen LogP contribution < -0.4 is 10.2 Å². The van der Waals surface area contributed by atoms with Gasteiger partial charge in [0.05, 0.1) is 0 Å². The monoisotopic (exact) mass is 328 g/mol. The van der Waals surface area contributed by atoms with Crippen LogP contribution in [-0.4, -0.2) is 41.2 Å². The average molecular weight is 329 g/mol. The zero-order chi connectivity index (χ0) is 15.2. The van der Waals surface area contributed by atoms with Crippen molar-refractivity contribution >= 4 is 41.1 Å². The number of urea groups is 1. The molecule has 1 fully saturated rings. The van der Waals surface area contributed by atoms with Crippen molar-refractivity contribution in [1.29, 1.82) is 0 Å². The predicted molar refractivity (Wildman–Crippen MR) is 85.3 cm³/mol. The molecule has 0 unspecified atom stereocenters.